The van der Waals surface area contributed by atoms with Crippen LogP contribution in [0.4, 0.5) is 5.69 Å². The van der Waals surface area contributed by atoms with Crippen molar-refractivity contribution in [2.24, 2.45) is 5.92 Å². The highest BCUT2D eigenvalue weighted by molar-refractivity contribution is 7.80. The average Bonchev–Trinajstić information content (AvgIpc) is 2.61. The highest BCUT2D eigenvalue weighted by Crippen LogP contribution is 2.22. The first-order valence-electron chi connectivity index (χ1n) is 7.65. The van der Waals surface area contributed by atoms with Gasteiger partial charge in [0.25, 0.3) is 0 Å². The van der Waals surface area contributed by atoms with Gasteiger partial charge in [0.1, 0.15) is 6.04 Å². The smallest absolute Gasteiger partial charge is 0.326 e. The Balaban J connectivity index is 2.30. The van der Waals surface area contributed by atoms with Crippen molar-refractivity contribution in [1.82, 2.24) is 4.98 Å². The number of aromatic nitrogens is 1. The van der Waals surface area contributed by atoms with Crippen LogP contribution in [0.5, 0.6) is 0 Å². The molecule has 0 fully saturated rings. The van der Waals surface area contributed by atoms with Crippen LogP contribution in [0.25, 0.3) is 0 Å². The summed E-state index contributed by atoms with van der Waals surface area (Å²) >= 11 is 4.30. The third kappa shape index (κ3) is 4.35. The molecule has 0 spiro atoms. The van der Waals surface area contributed by atoms with E-state index in [2.05, 4.69) is 17.6 Å². The lowest BCUT2D eigenvalue weighted by molar-refractivity contribution is -0.140. The van der Waals surface area contributed by atoms with Crippen molar-refractivity contribution in [3.63, 3.8) is 0 Å². The van der Waals surface area contributed by atoms with Crippen LogP contribution in [0.15, 0.2) is 54.9 Å². The molecule has 1 heterocycles. The third-order valence-electron chi connectivity index (χ3n) is 3.80. The molecule has 2 unspecified atom stereocenters. The Bertz CT molecular complexity index is 679. The maximum absolute atomic E-state index is 13.0. The quantitative estimate of drug-likeness (QED) is 0.758. The molecule has 0 radical (unpaired) electrons. The molecular formula is C18H20N2O3S. The number of carboxylic acid groups (broad SMARTS) is 1. The van der Waals surface area contributed by atoms with Gasteiger partial charge in [-0.15, -0.1) is 0 Å². The van der Waals surface area contributed by atoms with E-state index >= 15 is 0 Å². The molecule has 24 heavy (non-hydrogen) atoms. The molecule has 1 amide bonds. The van der Waals surface area contributed by atoms with Crippen LogP contribution in [0.2, 0.25) is 0 Å². The highest BCUT2D eigenvalue weighted by Gasteiger charge is 2.31. The molecule has 0 aliphatic rings. The second-order valence-corrected chi connectivity index (χ2v) is 5.87. The van der Waals surface area contributed by atoms with Crippen molar-refractivity contribution in [2.45, 2.75) is 19.4 Å². The van der Waals surface area contributed by atoms with Gasteiger partial charge in [0.15, 0.2) is 0 Å². The predicted molar refractivity (Wildman–Crippen MR) is 96.3 cm³/mol. The zero-order valence-corrected chi connectivity index (χ0v) is 14.3. The van der Waals surface area contributed by atoms with Gasteiger partial charge < -0.3 is 5.11 Å². The summed E-state index contributed by atoms with van der Waals surface area (Å²) in [7, 11) is 0. The van der Waals surface area contributed by atoms with Gasteiger partial charge in [-0.25, -0.2) is 4.79 Å². The Morgan fingerprint density at radius 3 is 2.46 bits per heavy atom. The van der Waals surface area contributed by atoms with Crippen molar-refractivity contribution in [3.8, 4) is 0 Å². The Kier molecular flexibility index (Phi) is 6.37. The Morgan fingerprint density at radius 1 is 1.21 bits per heavy atom. The summed E-state index contributed by atoms with van der Waals surface area (Å²) in [5.74, 6) is -1.42. The maximum Gasteiger partial charge on any atom is 0.326 e. The summed E-state index contributed by atoms with van der Waals surface area (Å²) in [5.41, 5.74) is 1.48. The monoisotopic (exact) mass is 344 g/mol. The number of pyridine rings is 1. The van der Waals surface area contributed by atoms with E-state index in [-0.39, 0.29) is 5.91 Å². The number of hydrogen-bond acceptors (Lipinski definition) is 4. The standard InChI is InChI=1S/C18H20N2O3S/c1-13(18(22)23)20(16-8-5-9-19-11-16)17(21)15(12-24)10-14-6-3-2-4-7-14/h2-9,11,13,15,24H,10,12H2,1H3,(H,22,23). The minimum atomic E-state index is -1.06. The molecule has 0 saturated carbocycles. The first kappa shape index (κ1) is 18.0. The van der Waals surface area contributed by atoms with E-state index in [0.29, 0.717) is 17.9 Å². The molecule has 0 aliphatic carbocycles. The van der Waals surface area contributed by atoms with Gasteiger partial charge in [-0.3, -0.25) is 14.7 Å². The molecule has 5 nitrogen and oxygen atoms in total. The molecule has 0 aliphatic heterocycles. The second-order valence-electron chi connectivity index (χ2n) is 5.50. The Labute approximate surface area is 146 Å². The van der Waals surface area contributed by atoms with Crippen LogP contribution in [-0.2, 0) is 16.0 Å². The van der Waals surface area contributed by atoms with E-state index in [1.54, 1.807) is 18.3 Å². The number of aliphatic carboxylic acids is 1. The van der Waals surface area contributed by atoms with Crippen LogP contribution < -0.4 is 4.90 Å². The SMILES string of the molecule is CC(C(=O)O)N(C(=O)C(CS)Cc1ccccc1)c1cccnc1. The fourth-order valence-corrected chi connectivity index (χ4v) is 2.76. The molecule has 1 N–H and O–H groups in total. The molecule has 2 rings (SSSR count). The van der Waals surface area contributed by atoms with Crippen molar-refractivity contribution >= 4 is 30.2 Å². The third-order valence-corrected chi connectivity index (χ3v) is 4.24. The van der Waals surface area contributed by atoms with Gasteiger partial charge >= 0.3 is 5.97 Å². The topological polar surface area (TPSA) is 70.5 Å². The number of carboxylic acids is 1. The number of carbonyl (C=O) groups excluding carboxylic acids is 1. The minimum absolute atomic E-state index is 0.267. The second kappa shape index (κ2) is 8.49. The Morgan fingerprint density at radius 2 is 1.92 bits per heavy atom. The van der Waals surface area contributed by atoms with E-state index in [0.717, 1.165) is 5.56 Å². The number of amides is 1. The number of carbonyl (C=O) groups is 2. The molecule has 2 aromatic rings. The fourth-order valence-electron chi connectivity index (χ4n) is 2.47. The van der Waals surface area contributed by atoms with Crippen molar-refractivity contribution in [1.29, 1.82) is 0 Å². The van der Waals surface area contributed by atoms with Crippen LogP contribution in [0, 0.1) is 5.92 Å². The summed E-state index contributed by atoms with van der Waals surface area (Å²) in [6.07, 6.45) is 3.58. The van der Waals surface area contributed by atoms with Crippen LogP contribution >= 0.6 is 12.6 Å². The first-order valence-corrected chi connectivity index (χ1v) is 8.28. The Hall–Kier alpha value is -2.34. The zero-order valence-electron chi connectivity index (χ0n) is 13.4. The lowest BCUT2D eigenvalue weighted by Gasteiger charge is -2.29. The van der Waals surface area contributed by atoms with Crippen LogP contribution in [0.1, 0.15) is 12.5 Å². The summed E-state index contributed by atoms with van der Waals surface area (Å²) in [4.78, 5) is 29.7. The first-order chi connectivity index (χ1) is 11.5. The molecule has 2 atom stereocenters. The van der Waals surface area contributed by atoms with Crippen molar-refractivity contribution in [3.05, 3.63) is 60.4 Å². The number of thiol groups is 1. The van der Waals surface area contributed by atoms with E-state index < -0.39 is 17.9 Å². The number of rotatable bonds is 7. The van der Waals surface area contributed by atoms with E-state index in [4.69, 9.17) is 0 Å². The molecule has 0 saturated heterocycles. The summed E-state index contributed by atoms with van der Waals surface area (Å²) < 4.78 is 0. The summed E-state index contributed by atoms with van der Waals surface area (Å²) in [6, 6.07) is 12.0. The van der Waals surface area contributed by atoms with E-state index in [1.165, 1.54) is 18.0 Å². The number of nitrogens with zero attached hydrogens (tertiary/aromatic N) is 2. The molecule has 126 valence electrons. The molecule has 1 aromatic heterocycles. The lowest BCUT2D eigenvalue weighted by atomic mass is 9.98. The fraction of sp³-hybridized carbons (Fsp3) is 0.278. The van der Waals surface area contributed by atoms with Gasteiger partial charge in [0, 0.05) is 11.9 Å². The summed E-state index contributed by atoms with van der Waals surface area (Å²) in [6.45, 7) is 1.49. The molecule has 0 bridgehead atoms. The molecular weight excluding hydrogens is 324 g/mol. The number of anilines is 1. The van der Waals surface area contributed by atoms with Crippen LogP contribution in [-0.4, -0.2) is 33.8 Å². The average molecular weight is 344 g/mol. The number of hydrogen-bond donors (Lipinski definition) is 2. The van der Waals surface area contributed by atoms with Crippen molar-refractivity contribution < 1.29 is 14.7 Å². The van der Waals surface area contributed by atoms with Crippen LogP contribution in [0.3, 0.4) is 0 Å². The molecule has 6 heteroatoms. The van der Waals surface area contributed by atoms with Gasteiger partial charge in [0.2, 0.25) is 5.91 Å². The maximum atomic E-state index is 13.0. The van der Waals surface area contributed by atoms with Crippen molar-refractivity contribution in [2.75, 3.05) is 10.7 Å². The van der Waals surface area contributed by atoms with Gasteiger partial charge in [-0.2, -0.15) is 12.6 Å². The minimum Gasteiger partial charge on any atom is -0.480 e. The van der Waals surface area contributed by atoms with Gasteiger partial charge in [-0.1, -0.05) is 30.3 Å². The highest BCUT2D eigenvalue weighted by atomic mass is 32.1. The lowest BCUT2D eigenvalue weighted by Crippen LogP contribution is -2.47. The predicted octanol–water partition coefficient (Wildman–Crippen LogP) is 2.68. The molecule has 1 aromatic carbocycles. The van der Waals surface area contributed by atoms with E-state index in [9.17, 15) is 14.7 Å². The zero-order chi connectivity index (χ0) is 17.5. The largest absolute Gasteiger partial charge is 0.480 e. The normalized spacial score (nSPS) is 13.1. The van der Waals surface area contributed by atoms with Gasteiger partial charge in [-0.05, 0) is 31.0 Å². The summed E-state index contributed by atoms with van der Waals surface area (Å²) in [5, 5.41) is 9.37. The van der Waals surface area contributed by atoms with E-state index in [1.807, 2.05) is 30.3 Å². The van der Waals surface area contributed by atoms with Gasteiger partial charge in [0.05, 0.1) is 17.8 Å². The number of benzene rings is 1.